The highest BCUT2D eigenvalue weighted by Gasteiger charge is 2.30. The summed E-state index contributed by atoms with van der Waals surface area (Å²) >= 11 is 0. The van der Waals surface area contributed by atoms with E-state index in [2.05, 4.69) is 4.72 Å². The van der Waals surface area contributed by atoms with E-state index >= 15 is 0 Å². The second kappa shape index (κ2) is 10.0. The van der Waals surface area contributed by atoms with Crippen LogP contribution in [0.15, 0.2) is 59.5 Å². The Morgan fingerprint density at radius 3 is 2.38 bits per heavy atom. The van der Waals surface area contributed by atoms with Crippen LogP contribution in [-0.2, 0) is 20.5 Å². The zero-order valence-corrected chi connectivity index (χ0v) is 20.6. The second-order valence-corrected chi connectivity index (χ2v) is 10.1. The highest BCUT2D eigenvalue weighted by molar-refractivity contribution is 7.83. The molecule has 0 bridgehead atoms. The van der Waals surface area contributed by atoms with Gasteiger partial charge in [0.1, 0.15) is 11.6 Å². The number of rotatable bonds is 5. The molecule has 4 aromatic rings. The van der Waals surface area contributed by atoms with Crippen LogP contribution in [0, 0.1) is 17.5 Å². The van der Waals surface area contributed by atoms with Crippen molar-refractivity contribution in [3.63, 3.8) is 0 Å². The predicted octanol–water partition coefficient (Wildman–Crippen LogP) is 5.47. The molecule has 0 saturated carbocycles. The Balaban J connectivity index is 1.80. The Labute approximate surface area is 213 Å². The van der Waals surface area contributed by atoms with E-state index in [9.17, 15) is 27.3 Å². The van der Waals surface area contributed by atoms with Crippen molar-refractivity contribution in [2.24, 2.45) is 0 Å². The van der Waals surface area contributed by atoms with Crippen molar-refractivity contribution < 1.29 is 32.0 Å². The van der Waals surface area contributed by atoms with Crippen LogP contribution in [-0.4, -0.2) is 33.0 Å². The molecule has 1 aliphatic heterocycles. The average Bonchev–Trinajstić information content (AvgIpc) is 3.21. The topological polar surface area (TPSA) is 80.6 Å². The number of amides is 1. The number of benzene rings is 3. The standard InChI is InChI=1S/C27H23F3N2O4S/c1-15(33)31-37(35)20-5-2-16(3-6-20)25-26-23(12-18(28)13-24(26)34)32(19-4-7-21(29)22(30)14-19)27(25)17-8-10-36-11-9-17/h2-7,12-14,17,34H,8-11H2,1H3,(H,31,33). The first kappa shape index (κ1) is 25.0. The molecule has 5 rings (SSSR count). The maximum atomic E-state index is 14.6. The summed E-state index contributed by atoms with van der Waals surface area (Å²) < 4.78 is 64.6. The summed E-state index contributed by atoms with van der Waals surface area (Å²) in [4.78, 5) is 11.7. The molecule has 1 unspecified atom stereocenters. The van der Waals surface area contributed by atoms with Crippen molar-refractivity contribution in [2.45, 2.75) is 30.6 Å². The predicted molar refractivity (Wildman–Crippen MR) is 133 cm³/mol. The number of carbonyl (C=O) groups excluding carboxylic acids is 1. The van der Waals surface area contributed by atoms with Crippen molar-refractivity contribution in [1.82, 2.24) is 9.29 Å². The lowest BCUT2D eigenvalue weighted by Crippen LogP contribution is -2.22. The smallest absolute Gasteiger partial charge is 0.228 e. The Hall–Kier alpha value is -3.63. The Kier molecular flexibility index (Phi) is 6.78. The minimum atomic E-state index is -1.75. The molecular weight excluding hydrogens is 505 g/mol. The van der Waals surface area contributed by atoms with E-state index in [0.29, 0.717) is 58.7 Å². The summed E-state index contributed by atoms with van der Waals surface area (Å²) in [6.45, 7) is 2.23. The third-order valence-corrected chi connectivity index (χ3v) is 7.59. The fourth-order valence-corrected chi connectivity index (χ4v) is 5.63. The number of hydrogen-bond donors (Lipinski definition) is 2. The SMILES string of the molecule is CC(=O)NS(=O)c1ccc(-c2c(C3CCOCC3)n(-c3ccc(F)c(F)c3)c3cc(F)cc(O)c23)cc1. The zero-order valence-electron chi connectivity index (χ0n) is 19.8. The first-order valence-electron chi connectivity index (χ1n) is 11.6. The molecule has 0 aliphatic carbocycles. The van der Waals surface area contributed by atoms with Gasteiger partial charge in [-0.3, -0.25) is 9.52 Å². The first-order chi connectivity index (χ1) is 17.7. The number of aromatic hydroxyl groups is 1. The summed E-state index contributed by atoms with van der Waals surface area (Å²) in [7, 11) is -1.75. The molecule has 6 nitrogen and oxygen atoms in total. The van der Waals surface area contributed by atoms with E-state index in [0.717, 1.165) is 18.2 Å². The molecule has 0 spiro atoms. The van der Waals surface area contributed by atoms with Gasteiger partial charge in [0.15, 0.2) is 22.6 Å². The summed E-state index contributed by atoms with van der Waals surface area (Å²) in [6.07, 6.45) is 1.25. The molecule has 2 N–H and O–H groups in total. The quantitative estimate of drug-likeness (QED) is 0.360. The first-order valence-corrected chi connectivity index (χ1v) is 12.8. The molecule has 192 valence electrons. The lowest BCUT2D eigenvalue weighted by Gasteiger charge is -2.26. The highest BCUT2D eigenvalue weighted by atomic mass is 32.2. The van der Waals surface area contributed by atoms with Gasteiger partial charge >= 0.3 is 0 Å². The summed E-state index contributed by atoms with van der Waals surface area (Å²) in [5.74, 6) is -3.58. The van der Waals surface area contributed by atoms with E-state index in [1.165, 1.54) is 19.1 Å². The van der Waals surface area contributed by atoms with Crippen molar-refractivity contribution >= 4 is 27.8 Å². The van der Waals surface area contributed by atoms with E-state index in [-0.39, 0.29) is 17.4 Å². The molecule has 1 aliphatic rings. The van der Waals surface area contributed by atoms with Crippen LogP contribution in [0.4, 0.5) is 13.2 Å². The van der Waals surface area contributed by atoms with Gasteiger partial charge in [-0.15, -0.1) is 0 Å². The average molecular weight is 529 g/mol. The minimum Gasteiger partial charge on any atom is -0.507 e. The molecule has 2 heterocycles. The van der Waals surface area contributed by atoms with Gasteiger partial charge in [-0.2, -0.15) is 0 Å². The third kappa shape index (κ3) is 4.74. The van der Waals surface area contributed by atoms with Crippen molar-refractivity contribution in [3.8, 4) is 22.6 Å². The number of phenols is 1. The van der Waals surface area contributed by atoms with Crippen LogP contribution in [0.3, 0.4) is 0 Å². The Bertz CT molecular complexity index is 1530. The summed E-state index contributed by atoms with van der Waals surface area (Å²) in [5.41, 5.74) is 2.51. The molecule has 10 heteroatoms. The number of fused-ring (bicyclic) bond motifs is 1. The number of phenolic OH excluding ortho intramolecular Hbond substituents is 1. The van der Waals surface area contributed by atoms with Crippen LogP contribution in [0.1, 0.15) is 31.4 Å². The fourth-order valence-electron chi connectivity index (χ4n) is 4.87. The third-order valence-electron chi connectivity index (χ3n) is 6.41. The Morgan fingerprint density at radius 1 is 1.03 bits per heavy atom. The van der Waals surface area contributed by atoms with Crippen LogP contribution < -0.4 is 4.72 Å². The summed E-state index contributed by atoms with van der Waals surface area (Å²) in [6, 6.07) is 12.3. The van der Waals surface area contributed by atoms with E-state index in [1.807, 2.05) is 0 Å². The maximum absolute atomic E-state index is 14.6. The molecule has 1 atom stereocenters. The number of ether oxygens (including phenoxy) is 1. The van der Waals surface area contributed by atoms with Crippen molar-refractivity contribution in [1.29, 1.82) is 0 Å². The van der Waals surface area contributed by atoms with Crippen molar-refractivity contribution in [2.75, 3.05) is 13.2 Å². The molecule has 1 fully saturated rings. The molecule has 1 saturated heterocycles. The molecule has 1 amide bonds. The van der Waals surface area contributed by atoms with Gasteiger partial charge in [-0.05, 0) is 48.7 Å². The van der Waals surface area contributed by atoms with Gasteiger partial charge in [0.25, 0.3) is 0 Å². The lowest BCUT2D eigenvalue weighted by atomic mass is 9.90. The fraction of sp³-hybridized carbons (Fsp3) is 0.222. The summed E-state index contributed by atoms with van der Waals surface area (Å²) in [5, 5.41) is 11.3. The van der Waals surface area contributed by atoms with E-state index < -0.39 is 34.3 Å². The van der Waals surface area contributed by atoms with E-state index in [4.69, 9.17) is 4.74 Å². The van der Waals surface area contributed by atoms with Gasteiger partial charge < -0.3 is 14.4 Å². The highest BCUT2D eigenvalue weighted by Crippen LogP contribution is 2.46. The van der Waals surface area contributed by atoms with Gasteiger partial charge in [-0.25, -0.2) is 17.4 Å². The Morgan fingerprint density at radius 2 is 1.73 bits per heavy atom. The van der Waals surface area contributed by atoms with E-state index in [1.54, 1.807) is 28.8 Å². The molecule has 1 aromatic heterocycles. The van der Waals surface area contributed by atoms with Crippen LogP contribution in [0.2, 0.25) is 0 Å². The number of hydrogen-bond acceptors (Lipinski definition) is 4. The number of halogens is 3. The van der Waals surface area contributed by atoms with Gasteiger partial charge in [0.05, 0.1) is 15.8 Å². The molecular formula is C27H23F3N2O4S. The van der Waals surface area contributed by atoms with Crippen LogP contribution in [0.5, 0.6) is 5.75 Å². The molecule has 37 heavy (non-hydrogen) atoms. The van der Waals surface area contributed by atoms with Crippen LogP contribution >= 0.6 is 0 Å². The van der Waals surface area contributed by atoms with Gasteiger partial charge in [0.2, 0.25) is 5.91 Å². The number of aromatic nitrogens is 1. The van der Waals surface area contributed by atoms with Gasteiger partial charge in [-0.1, -0.05) is 12.1 Å². The monoisotopic (exact) mass is 528 g/mol. The lowest BCUT2D eigenvalue weighted by molar-refractivity contribution is -0.117. The molecule has 3 aromatic carbocycles. The maximum Gasteiger partial charge on any atom is 0.228 e. The van der Waals surface area contributed by atoms with Crippen molar-refractivity contribution in [3.05, 3.63) is 77.7 Å². The normalized spacial score (nSPS) is 15.1. The zero-order chi connectivity index (χ0) is 26.3. The molecule has 0 radical (unpaired) electrons. The number of carbonyl (C=O) groups is 1. The number of nitrogens with zero attached hydrogens (tertiary/aromatic N) is 1. The van der Waals surface area contributed by atoms with Gasteiger partial charge in [0, 0.05) is 55.1 Å². The minimum absolute atomic E-state index is 0.0973. The number of nitrogens with one attached hydrogen (secondary N) is 1. The largest absolute Gasteiger partial charge is 0.507 e. The second-order valence-electron chi connectivity index (χ2n) is 8.85. The van der Waals surface area contributed by atoms with Crippen LogP contribution in [0.25, 0.3) is 27.7 Å².